The molecule has 4 N–H and O–H groups in total. The first kappa shape index (κ1) is 49.3. The number of amides is 4. The molecule has 12 nitrogen and oxygen atoms in total. The molecule has 1 saturated heterocycles. The molecule has 0 bridgehead atoms. The zero-order chi connectivity index (χ0) is 40.2. The summed E-state index contributed by atoms with van der Waals surface area (Å²) in [7, 11) is 0. The topological polar surface area (TPSA) is 163 Å². The van der Waals surface area contributed by atoms with E-state index in [1.165, 1.54) is 55.9 Å². The number of hydrogen-bond donors (Lipinski definition) is 5. The van der Waals surface area contributed by atoms with Crippen molar-refractivity contribution in [3.63, 3.8) is 0 Å². The second kappa shape index (κ2) is 28.7. The Hall–Kier alpha value is -3.71. The Morgan fingerprint density at radius 3 is 2.02 bits per heavy atom. The lowest BCUT2D eigenvalue weighted by Crippen LogP contribution is -2.58. The van der Waals surface area contributed by atoms with Gasteiger partial charge in [-0.2, -0.15) is 0 Å². The molecule has 300 valence electrons. The first-order valence-electron chi connectivity index (χ1n) is 19.0. The summed E-state index contributed by atoms with van der Waals surface area (Å²) < 4.78 is 7.64. The summed E-state index contributed by atoms with van der Waals surface area (Å²) in [4.78, 5) is 72.9. The number of thiol groups is 1. The summed E-state index contributed by atoms with van der Waals surface area (Å²) in [6.45, 7) is 17.6. The fourth-order valence-electron chi connectivity index (χ4n) is 5.39. The minimum atomic E-state index is -0.842. The summed E-state index contributed by atoms with van der Waals surface area (Å²) in [6, 6.07) is 6.74. The van der Waals surface area contributed by atoms with Crippen LogP contribution < -0.4 is 20.7 Å². The molecule has 0 spiro atoms. The van der Waals surface area contributed by atoms with Crippen LogP contribution in [0.1, 0.15) is 118 Å². The monoisotopic (exact) mass is 761 g/mol. The highest BCUT2D eigenvalue weighted by Gasteiger charge is 2.41. The smallest absolute Gasteiger partial charge is 0.325 e. The number of carbonyl (C=O) groups is 6. The fourth-order valence-corrected chi connectivity index (χ4v) is 5.63. The highest BCUT2D eigenvalue weighted by molar-refractivity contribution is 7.78. The lowest BCUT2D eigenvalue weighted by molar-refractivity contribution is -0.143. The number of aldehydes is 1. The number of nitrogens with one attached hydrogen (secondary N) is 4. The summed E-state index contributed by atoms with van der Waals surface area (Å²) in [5, 5.41) is 7.52. The maximum atomic E-state index is 13.1. The van der Waals surface area contributed by atoms with E-state index in [4.69, 9.17) is 4.74 Å². The van der Waals surface area contributed by atoms with Crippen LogP contribution >= 0.6 is 12.8 Å². The predicted octanol–water partition coefficient (Wildman–Crippen LogP) is 6.10. The number of hydrogen-bond acceptors (Lipinski definition) is 9. The molecule has 53 heavy (non-hydrogen) atoms. The van der Waals surface area contributed by atoms with Crippen LogP contribution in [0.25, 0.3) is 0 Å². The Morgan fingerprint density at radius 2 is 1.55 bits per heavy atom. The number of nitrogens with zero attached hydrogens (tertiary/aromatic N) is 1. The molecule has 1 heterocycles. The molecule has 3 rings (SSSR count). The Bertz CT molecular complexity index is 1230. The van der Waals surface area contributed by atoms with Crippen molar-refractivity contribution >= 4 is 48.7 Å². The molecule has 1 aliphatic heterocycles. The number of urea groups is 1. The minimum absolute atomic E-state index is 0.0836. The van der Waals surface area contributed by atoms with E-state index >= 15 is 0 Å². The van der Waals surface area contributed by atoms with Gasteiger partial charge in [0.25, 0.3) is 5.91 Å². The molecule has 1 aromatic carbocycles. The molecule has 0 aromatic heterocycles. The third-order valence-electron chi connectivity index (χ3n) is 8.40. The van der Waals surface area contributed by atoms with Gasteiger partial charge in [0.2, 0.25) is 11.7 Å². The highest BCUT2D eigenvalue weighted by atomic mass is 32.1. The second-order valence-corrected chi connectivity index (χ2v) is 14.6. The van der Waals surface area contributed by atoms with E-state index < -0.39 is 47.2 Å². The molecular weight excluding hydrogens is 695 g/mol. The number of Topliss-reactive ketones (excluding diaryl/α,β-unsaturated/α-hetero) is 1. The number of ketones is 1. The summed E-state index contributed by atoms with van der Waals surface area (Å²) >= 11 is 3.80. The number of likely N-dealkylation sites (tertiary alicyclic amines) is 1. The van der Waals surface area contributed by atoms with Crippen molar-refractivity contribution in [3.8, 4) is 0 Å². The van der Waals surface area contributed by atoms with Crippen molar-refractivity contribution in [2.75, 3.05) is 19.6 Å². The van der Waals surface area contributed by atoms with Crippen LogP contribution in [-0.2, 0) is 35.3 Å². The first-order chi connectivity index (χ1) is 25.2. The summed E-state index contributed by atoms with van der Waals surface area (Å²) in [6.07, 6.45) is 14.7. The second-order valence-electron chi connectivity index (χ2n) is 14.4. The lowest BCUT2D eigenvalue weighted by atomic mass is 9.85. The molecule has 1 saturated carbocycles. The van der Waals surface area contributed by atoms with Crippen molar-refractivity contribution in [1.29, 1.82) is 0 Å². The third kappa shape index (κ3) is 20.9. The molecule has 2 aliphatic rings. The van der Waals surface area contributed by atoms with E-state index in [-0.39, 0.29) is 25.0 Å². The average Bonchev–Trinajstić information content (AvgIpc) is 3.54. The number of benzene rings is 1. The van der Waals surface area contributed by atoms with Crippen LogP contribution in [0.5, 0.6) is 0 Å². The van der Waals surface area contributed by atoms with Crippen LogP contribution in [0.4, 0.5) is 4.79 Å². The molecule has 1 aromatic rings. The van der Waals surface area contributed by atoms with E-state index in [0.717, 1.165) is 24.7 Å². The minimum Gasteiger partial charge on any atom is -0.460 e. The average molecular weight is 762 g/mol. The van der Waals surface area contributed by atoms with Crippen molar-refractivity contribution < 1.29 is 33.5 Å². The van der Waals surface area contributed by atoms with Crippen LogP contribution in [0.3, 0.4) is 0 Å². The van der Waals surface area contributed by atoms with E-state index in [9.17, 15) is 28.8 Å². The SMILES string of the molecule is C1CCCCC1.C=CCNC(=O)C(=O)C(CCC)NS.CC1CCN(C(=O)C(NC(=O)NCC(=O)OCc2ccccc2)C(C)(C)C)C1C=O.CCC. The van der Waals surface area contributed by atoms with Crippen LogP contribution in [-0.4, -0.2) is 78.5 Å². The van der Waals surface area contributed by atoms with Gasteiger partial charge in [-0.3, -0.25) is 23.9 Å². The molecule has 4 unspecified atom stereocenters. The van der Waals surface area contributed by atoms with E-state index in [1.807, 2.05) is 65.0 Å². The third-order valence-corrected chi connectivity index (χ3v) is 8.71. The Labute approximate surface area is 323 Å². The number of ether oxygens (including phenoxy) is 1. The van der Waals surface area contributed by atoms with Gasteiger partial charge in [0.05, 0.1) is 12.1 Å². The maximum absolute atomic E-state index is 13.1. The maximum Gasteiger partial charge on any atom is 0.325 e. The predicted molar refractivity (Wildman–Crippen MR) is 214 cm³/mol. The van der Waals surface area contributed by atoms with Crippen molar-refractivity contribution in [2.24, 2.45) is 11.3 Å². The molecule has 2 fully saturated rings. The van der Waals surface area contributed by atoms with E-state index in [1.54, 1.807) is 0 Å². The van der Waals surface area contributed by atoms with Crippen molar-refractivity contribution in [3.05, 3.63) is 48.6 Å². The van der Waals surface area contributed by atoms with Gasteiger partial charge in [-0.05, 0) is 29.7 Å². The fraction of sp³-hybridized carbons (Fsp3) is 0.650. The van der Waals surface area contributed by atoms with E-state index in [2.05, 4.69) is 53.9 Å². The van der Waals surface area contributed by atoms with Crippen molar-refractivity contribution in [2.45, 2.75) is 137 Å². The highest BCUT2D eigenvalue weighted by Crippen LogP contribution is 2.27. The molecule has 1 aliphatic carbocycles. The lowest BCUT2D eigenvalue weighted by Gasteiger charge is -2.35. The number of rotatable bonds is 14. The molecule has 0 radical (unpaired) electrons. The van der Waals surface area contributed by atoms with E-state index in [0.29, 0.717) is 19.5 Å². The first-order valence-corrected chi connectivity index (χ1v) is 19.5. The summed E-state index contributed by atoms with van der Waals surface area (Å²) in [5.74, 6) is -1.87. The molecule has 4 atom stereocenters. The summed E-state index contributed by atoms with van der Waals surface area (Å²) in [5.41, 5.74) is 0.264. The molecular formula is C40H67N5O7S. The number of esters is 1. The zero-order valence-electron chi connectivity index (χ0n) is 33.2. The van der Waals surface area contributed by atoms with Crippen LogP contribution in [0.2, 0.25) is 0 Å². The van der Waals surface area contributed by atoms with Crippen LogP contribution in [0, 0.1) is 11.3 Å². The number of carbonyl (C=O) groups excluding carboxylic acids is 6. The normalized spacial score (nSPS) is 17.3. The van der Waals surface area contributed by atoms with Gasteiger partial charge in [0.15, 0.2) is 0 Å². The molecule has 13 heteroatoms. The van der Waals surface area contributed by atoms with Gasteiger partial charge in [0.1, 0.15) is 25.5 Å². The zero-order valence-corrected chi connectivity index (χ0v) is 34.1. The quantitative estimate of drug-likeness (QED) is 0.0500. The largest absolute Gasteiger partial charge is 0.460 e. The molecule has 4 amide bonds. The van der Waals surface area contributed by atoms with Gasteiger partial charge >= 0.3 is 12.0 Å². The van der Waals surface area contributed by atoms with Gasteiger partial charge in [-0.15, -0.1) is 6.58 Å². The Kier molecular flexibility index (Phi) is 26.7. The standard InChI is InChI=1S/C22H31N3O5.C9H16N2O2S.C6H12.C3H8/c1-15-10-11-25(17(15)13-26)20(28)19(22(2,3)4)24-21(29)23-12-18(27)30-14-16-8-6-5-7-9-16;1-3-5-7(11-14)8(12)9(13)10-6-4-2;1-2-4-6-5-3-1;1-3-2/h5-9,13,15,17,19H,10-12,14H2,1-4H3,(H2,23,24,29);4,7,11,14H,2-3,5-6H2,1H3,(H,10,13);1-6H2;3H2,1-2H3. The Balaban J connectivity index is 0.000000961. The van der Waals surface area contributed by atoms with Crippen LogP contribution in [0.15, 0.2) is 43.0 Å². The Morgan fingerprint density at radius 1 is 0.981 bits per heavy atom. The van der Waals surface area contributed by atoms with Gasteiger partial charge in [-0.25, -0.2) is 4.79 Å². The van der Waals surface area contributed by atoms with Gasteiger partial charge in [-0.1, -0.05) is 149 Å². The van der Waals surface area contributed by atoms with Crippen molar-refractivity contribution in [1.82, 2.24) is 25.6 Å². The van der Waals surface area contributed by atoms with Gasteiger partial charge in [0, 0.05) is 13.1 Å². The van der Waals surface area contributed by atoms with Gasteiger partial charge < -0.3 is 30.4 Å².